The molecule has 1 aliphatic carbocycles. The molecule has 0 aliphatic heterocycles. The topological polar surface area (TPSA) is 37.6 Å². The predicted octanol–water partition coefficient (Wildman–Crippen LogP) is 2.31. The van der Waals surface area contributed by atoms with Gasteiger partial charge in [-0.3, -0.25) is 0 Å². The van der Waals surface area contributed by atoms with Crippen LogP contribution in [0.3, 0.4) is 0 Å². The van der Waals surface area contributed by atoms with E-state index in [0.717, 1.165) is 43.7 Å². The Morgan fingerprint density at radius 2 is 2.21 bits per heavy atom. The summed E-state index contributed by atoms with van der Waals surface area (Å²) in [6, 6.07) is 2.84. The zero-order valence-corrected chi connectivity index (χ0v) is 12.4. The van der Waals surface area contributed by atoms with Crippen LogP contribution in [0, 0.1) is 6.92 Å². The molecule has 1 fully saturated rings. The number of nitrogens with zero attached hydrogens (tertiary/aromatic N) is 1. The zero-order chi connectivity index (χ0) is 13.7. The molecule has 1 aliphatic rings. The van der Waals surface area contributed by atoms with Crippen molar-refractivity contribution in [1.82, 2.24) is 10.2 Å². The van der Waals surface area contributed by atoms with E-state index in [-0.39, 0.29) is 0 Å². The quantitative estimate of drug-likeness (QED) is 0.696. The highest BCUT2D eigenvalue weighted by molar-refractivity contribution is 5.20. The Hall–Kier alpha value is -0.840. The van der Waals surface area contributed by atoms with E-state index in [9.17, 15) is 0 Å². The molecule has 1 aromatic rings. The Bertz CT molecular complexity index is 383. The fourth-order valence-corrected chi connectivity index (χ4v) is 2.02. The van der Waals surface area contributed by atoms with Crippen molar-refractivity contribution in [1.29, 1.82) is 0 Å². The summed E-state index contributed by atoms with van der Waals surface area (Å²) in [6.07, 6.45) is 3.68. The summed E-state index contributed by atoms with van der Waals surface area (Å²) >= 11 is 0. The van der Waals surface area contributed by atoms with Gasteiger partial charge in [0.15, 0.2) is 0 Å². The molecule has 0 amide bonds. The normalized spacial score (nSPS) is 15.4. The van der Waals surface area contributed by atoms with E-state index < -0.39 is 0 Å². The second kappa shape index (κ2) is 7.08. The first-order valence-electron chi connectivity index (χ1n) is 7.19. The van der Waals surface area contributed by atoms with E-state index in [2.05, 4.69) is 30.4 Å². The van der Waals surface area contributed by atoms with Gasteiger partial charge in [0.2, 0.25) is 0 Å². The fraction of sp³-hybridized carbons (Fsp3) is 0.733. The molecule has 19 heavy (non-hydrogen) atoms. The summed E-state index contributed by atoms with van der Waals surface area (Å²) in [5.74, 6) is 2.01. The van der Waals surface area contributed by atoms with E-state index in [1.165, 1.54) is 18.4 Å². The van der Waals surface area contributed by atoms with Gasteiger partial charge in [-0.05, 0) is 52.9 Å². The standard InChI is InChI=1S/C15H26N2O2/c1-12-13(11-18-8-4-7-17(2)3)9-15(19-12)10-16-14-5-6-14/h9,14,16H,4-8,10-11H2,1-3H3. The minimum absolute atomic E-state index is 0.659. The fourth-order valence-electron chi connectivity index (χ4n) is 2.02. The summed E-state index contributed by atoms with van der Waals surface area (Å²) in [4.78, 5) is 2.17. The minimum Gasteiger partial charge on any atom is -0.465 e. The zero-order valence-electron chi connectivity index (χ0n) is 12.4. The van der Waals surface area contributed by atoms with Gasteiger partial charge in [-0.25, -0.2) is 0 Å². The summed E-state index contributed by atoms with van der Waals surface area (Å²) < 4.78 is 11.4. The molecule has 4 heteroatoms. The first-order valence-corrected chi connectivity index (χ1v) is 7.19. The van der Waals surface area contributed by atoms with Crippen LogP contribution >= 0.6 is 0 Å². The molecule has 0 unspecified atom stereocenters. The van der Waals surface area contributed by atoms with Crippen molar-refractivity contribution in [2.24, 2.45) is 0 Å². The molecular formula is C15H26N2O2. The monoisotopic (exact) mass is 266 g/mol. The predicted molar refractivity (Wildman–Crippen MR) is 76.1 cm³/mol. The molecule has 1 saturated carbocycles. The van der Waals surface area contributed by atoms with Crippen molar-refractivity contribution in [3.8, 4) is 0 Å². The molecule has 1 N–H and O–H groups in total. The van der Waals surface area contributed by atoms with Crippen LogP contribution in [0.2, 0.25) is 0 Å². The highest BCUT2D eigenvalue weighted by atomic mass is 16.5. The first-order chi connectivity index (χ1) is 9.15. The maximum absolute atomic E-state index is 5.74. The van der Waals surface area contributed by atoms with Crippen LogP contribution in [-0.2, 0) is 17.9 Å². The lowest BCUT2D eigenvalue weighted by molar-refractivity contribution is 0.112. The van der Waals surface area contributed by atoms with Gasteiger partial charge < -0.3 is 19.4 Å². The SMILES string of the molecule is Cc1oc(CNC2CC2)cc1COCCCN(C)C. The highest BCUT2D eigenvalue weighted by Crippen LogP contribution is 2.21. The molecule has 108 valence electrons. The summed E-state index contributed by atoms with van der Waals surface area (Å²) in [7, 11) is 4.17. The van der Waals surface area contributed by atoms with Crippen LogP contribution < -0.4 is 5.32 Å². The van der Waals surface area contributed by atoms with E-state index in [1.54, 1.807) is 0 Å². The van der Waals surface area contributed by atoms with Gasteiger partial charge in [-0.15, -0.1) is 0 Å². The third-order valence-electron chi connectivity index (χ3n) is 3.37. The molecule has 0 radical (unpaired) electrons. The highest BCUT2D eigenvalue weighted by Gasteiger charge is 2.20. The molecule has 0 aromatic carbocycles. The second-order valence-corrected chi connectivity index (χ2v) is 5.66. The van der Waals surface area contributed by atoms with E-state index in [0.29, 0.717) is 6.61 Å². The van der Waals surface area contributed by atoms with Gasteiger partial charge in [-0.1, -0.05) is 0 Å². The third-order valence-corrected chi connectivity index (χ3v) is 3.37. The number of furan rings is 1. The van der Waals surface area contributed by atoms with Crippen LogP contribution in [0.4, 0.5) is 0 Å². The van der Waals surface area contributed by atoms with E-state index >= 15 is 0 Å². The Morgan fingerprint density at radius 1 is 1.42 bits per heavy atom. The number of nitrogens with one attached hydrogen (secondary N) is 1. The van der Waals surface area contributed by atoms with Crippen molar-refractivity contribution in [2.45, 2.75) is 45.4 Å². The summed E-state index contributed by atoms with van der Waals surface area (Å²) in [5.41, 5.74) is 1.18. The molecule has 0 spiro atoms. The molecule has 0 bridgehead atoms. The first kappa shape index (κ1) is 14.6. The molecule has 2 rings (SSSR count). The second-order valence-electron chi connectivity index (χ2n) is 5.66. The van der Waals surface area contributed by atoms with Gasteiger partial charge in [0, 0.05) is 18.2 Å². The maximum Gasteiger partial charge on any atom is 0.118 e. The molecule has 0 saturated heterocycles. The summed E-state index contributed by atoms with van der Waals surface area (Å²) in [5, 5.41) is 3.46. The summed E-state index contributed by atoms with van der Waals surface area (Å²) in [6.45, 7) is 5.39. The lowest BCUT2D eigenvalue weighted by Crippen LogP contribution is -2.15. The minimum atomic E-state index is 0.659. The maximum atomic E-state index is 5.74. The smallest absolute Gasteiger partial charge is 0.118 e. The molecule has 0 atom stereocenters. The van der Waals surface area contributed by atoms with Gasteiger partial charge in [0.25, 0.3) is 0 Å². The Balaban J connectivity index is 1.67. The third kappa shape index (κ3) is 5.35. The van der Waals surface area contributed by atoms with Crippen molar-refractivity contribution >= 4 is 0 Å². The van der Waals surface area contributed by atoms with Crippen LogP contribution in [0.1, 0.15) is 36.3 Å². The molecule has 4 nitrogen and oxygen atoms in total. The number of aryl methyl sites for hydroxylation is 1. The van der Waals surface area contributed by atoms with Crippen LogP contribution in [0.15, 0.2) is 10.5 Å². The molecule has 1 heterocycles. The number of ether oxygens (including phenoxy) is 1. The number of hydrogen-bond donors (Lipinski definition) is 1. The molecule has 1 aromatic heterocycles. The average Bonchev–Trinajstić information content (AvgIpc) is 3.11. The van der Waals surface area contributed by atoms with Crippen LogP contribution in [-0.4, -0.2) is 38.2 Å². The van der Waals surface area contributed by atoms with E-state index in [4.69, 9.17) is 9.15 Å². The van der Waals surface area contributed by atoms with Gasteiger partial charge in [-0.2, -0.15) is 0 Å². The largest absolute Gasteiger partial charge is 0.465 e. The molecular weight excluding hydrogens is 240 g/mol. The number of hydrogen-bond acceptors (Lipinski definition) is 4. The van der Waals surface area contributed by atoms with Gasteiger partial charge >= 0.3 is 0 Å². The average molecular weight is 266 g/mol. The Labute approximate surface area is 116 Å². The Kier molecular flexibility index (Phi) is 5.43. The van der Waals surface area contributed by atoms with Crippen molar-refractivity contribution in [3.63, 3.8) is 0 Å². The van der Waals surface area contributed by atoms with Gasteiger partial charge in [0.05, 0.1) is 13.2 Å². The van der Waals surface area contributed by atoms with Crippen molar-refractivity contribution < 1.29 is 9.15 Å². The van der Waals surface area contributed by atoms with Crippen LogP contribution in [0.25, 0.3) is 0 Å². The van der Waals surface area contributed by atoms with E-state index in [1.807, 2.05) is 6.92 Å². The lowest BCUT2D eigenvalue weighted by Gasteiger charge is -2.09. The number of rotatable bonds is 9. The van der Waals surface area contributed by atoms with Crippen LogP contribution in [0.5, 0.6) is 0 Å². The van der Waals surface area contributed by atoms with Crippen molar-refractivity contribution in [2.75, 3.05) is 27.2 Å². The van der Waals surface area contributed by atoms with Gasteiger partial charge in [0.1, 0.15) is 11.5 Å². The van der Waals surface area contributed by atoms with Crippen molar-refractivity contribution in [3.05, 3.63) is 23.2 Å². The lowest BCUT2D eigenvalue weighted by atomic mass is 10.2. The Morgan fingerprint density at radius 3 is 2.89 bits per heavy atom.